The van der Waals surface area contributed by atoms with E-state index < -0.39 is 0 Å². The first-order valence-corrected chi connectivity index (χ1v) is 10.6. The lowest BCUT2D eigenvalue weighted by Crippen LogP contribution is -2.50. The van der Waals surface area contributed by atoms with Gasteiger partial charge in [-0.25, -0.2) is 0 Å². The van der Waals surface area contributed by atoms with Crippen LogP contribution in [0.2, 0.25) is 5.02 Å². The number of rotatable bonds is 4. The molecule has 158 valence electrons. The molecule has 3 rings (SSSR count). The van der Waals surface area contributed by atoms with Gasteiger partial charge in [0, 0.05) is 32.1 Å². The third-order valence-corrected chi connectivity index (χ3v) is 5.46. The van der Waals surface area contributed by atoms with Gasteiger partial charge in [0.25, 0.3) is 5.91 Å². The van der Waals surface area contributed by atoms with Gasteiger partial charge in [-0.15, -0.1) is 0 Å². The van der Waals surface area contributed by atoms with Crippen LogP contribution in [-0.2, 0) is 4.79 Å². The van der Waals surface area contributed by atoms with Crippen molar-refractivity contribution in [2.45, 2.75) is 13.8 Å². The van der Waals surface area contributed by atoms with Crippen LogP contribution in [0.3, 0.4) is 0 Å². The minimum absolute atomic E-state index is 0.00426. The van der Waals surface area contributed by atoms with Gasteiger partial charge in [-0.2, -0.15) is 0 Å². The van der Waals surface area contributed by atoms with Crippen molar-refractivity contribution >= 4 is 52.1 Å². The van der Waals surface area contributed by atoms with Gasteiger partial charge in [0.05, 0.1) is 22.0 Å². The molecule has 2 aromatic carbocycles. The Morgan fingerprint density at radius 2 is 1.63 bits per heavy atom. The highest BCUT2D eigenvalue weighted by Crippen LogP contribution is 2.27. The highest BCUT2D eigenvalue weighted by Gasteiger charge is 2.24. The Balaban J connectivity index is 1.64. The number of carbonyl (C=O) groups is 2. The van der Waals surface area contributed by atoms with E-state index in [0.29, 0.717) is 23.7 Å². The third-order valence-electron chi connectivity index (χ3n) is 4.92. The summed E-state index contributed by atoms with van der Waals surface area (Å²) < 4.78 is 0. The topological polar surface area (TPSA) is 64.7 Å². The van der Waals surface area contributed by atoms with Crippen LogP contribution in [0.4, 0.5) is 11.4 Å². The van der Waals surface area contributed by atoms with Crippen molar-refractivity contribution in [3.8, 4) is 0 Å². The molecule has 1 heterocycles. The number of halogens is 1. The van der Waals surface area contributed by atoms with Crippen molar-refractivity contribution in [2.24, 2.45) is 5.92 Å². The first-order valence-electron chi connectivity index (χ1n) is 9.86. The van der Waals surface area contributed by atoms with E-state index in [2.05, 4.69) is 15.5 Å². The second-order valence-electron chi connectivity index (χ2n) is 7.37. The van der Waals surface area contributed by atoms with Gasteiger partial charge >= 0.3 is 0 Å². The first-order chi connectivity index (χ1) is 14.4. The molecule has 0 aliphatic carbocycles. The molecule has 0 aromatic heterocycles. The smallest absolute Gasteiger partial charge is 0.258 e. The lowest BCUT2D eigenvalue weighted by atomic mass is 10.1. The average Bonchev–Trinajstić information content (AvgIpc) is 2.74. The molecule has 30 heavy (non-hydrogen) atoms. The molecular weight excluding hydrogens is 420 g/mol. The van der Waals surface area contributed by atoms with E-state index in [1.807, 2.05) is 43.0 Å². The van der Waals surface area contributed by atoms with Crippen molar-refractivity contribution in [2.75, 3.05) is 36.4 Å². The quantitative estimate of drug-likeness (QED) is 0.703. The van der Waals surface area contributed by atoms with Crippen LogP contribution in [-0.4, -0.2) is 48.0 Å². The maximum Gasteiger partial charge on any atom is 0.258 e. The number of hydrogen-bond donors (Lipinski definition) is 2. The minimum atomic E-state index is -0.364. The highest BCUT2D eigenvalue weighted by molar-refractivity contribution is 7.80. The number of piperazine rings is 1. The van der Waals surface area contributed by atoms with Crippen LogP contribution in [0.15, 0.2) is 48.5 Å². The maximum absolute atomic E-state index is 12.4. The molecular formula is C22H25ClN4O2S. The highest BCUT2D eigenvalue weighted by atomic mass is 35.5. The average molecular weight is 445 g/mol. The summed E-state index contributed by atoms with van der Waals surface area (Å²) in [7, 11) is 0. The molecule has 8 heteroatoms. The summed E-state index contributed by atoms with van der Waals surface area (Å²) >= 11 is 11.4. The lowest BCUT2D eigenvalue weighted by Gasteiger charge is -2.37. The number of anilines is 2. The van der Waals surface area contributed by atoms with E-state index >= 15 is 0 Å². The molecule has 6 nitrogen and oxygen atoms in total. The first kappa shape index (κ1) is 22.1. The van der Waals surface area contributed by atoms with Gasteiger partial charge in [0.2, 0.25) is 5.91 Å². The molecule has 2 amide bonds. The zero-order chi connectivity index (χ0) is 21.7. The zero-order valence-electron chi connectivity index (χ0n) is 17.0. The fraction of sp³-hybridized carbons (Fsp3) is 0.318. The van der Waals surface area contributed by atoms with Crippen LogP contribution in [0, 0.1) is 5.92 Å². The Bertz CT molecular complexity index is 942. The van der Waals surface area contributed by atoms with Gasteiger partial charge in [0.1, 0.15) is 0 Å². The number of hydrogen-bond acceptors (Lipinski definition) is 4. The van der Waals surface area contributed by atoms with E-state index in [0.717, 1.165) is 24.5 Å². The number of thiocarbonyl (C=S) groups is 1. The van der Waals surface area contributed by atoms with Crippen LogP contribution in [0.25, 0.3) is 0 Å². The summed E-state index contributed by atoms with van der Waals surface area (Å²) in [6, 6.07) is 14.6. The zero-order valence-corrected chi connectivity index (χ0v) is 18.6. The Morgan fingerprint density at radius 3 is 2.30 bits per heavy atom. The van der Waals surface area contributed by atoms with Gasteiger partial charge in [-0.05, 0) is 36.5 Å². The Hall–Kier alpha value is -2.64. The Kier molecular flexibility index (Phi) is 7.29. The van der Waals surface area contributed by atoms with Gasteiger partial charge in [-0.3, -0.25) is 14.9 Å². The molecule has 1 aliphatic rings. The van der Waals surface area contributed by atoms with E-state index in [9.17, 15) is 9.59 Å². The predicted molar refractivity (Wildman–Crippen MR) is 125 cm³/mol. The van der Waals surface area contributed by atoms with Crippen molar-refractivity contribution < 1.29 is 9.59 Å². The molecule has 1 aliphatic heterocycles. The number of nitrogens with zero attached hydrogens (tertiary/aromatic N) is 2. The van der Waals surface area contributed by atoms with Gasteiger partial charge < -0.3 is 15.1 Å². The van der Waals surface area contributed by atoms with E-state index in [4.69, 9.17) is 23.8 Å². The molecule has 0 spiro atoms. The summed E-state index contributed by atoms with van der Waals surface area (Å²) in [6.45, 7) is 6.67. The summed E-state index contributed by atoms with van der Waals surface area (Å²) in [5, 5.41) is 6.35. The monoisotopic (exact) mass is 444 g/mol. The molecule has 1 saturated heterocycles. The molecule has 0 bridgehead atoms. The van der Waals surface area contributed by atoms with Crippen molar-refractivity contribution in [3.05, 3.63) is 59.1 Å². The lowest BCUT2D eigenvalue weighted by molar-refractivity contribution is -0.134. The summed E-state index contributed by atoms with van der Waals surface area (Å²) in [5.74, 6) is -0.175. The van der Waals surface area contributed by atoms with Crippen molar-refractivity contribution in [1.29, 1.82) is 0 Å². The third kappa shape index (κ3) is 5.29. The van der Waals surface area contributed by atoms with Crippen LogP contribution in [0.5, 0.6) is 0 Å². The number of carbonyl (C=O) groups excluding carboxylic acids is 2. The number of nitrogens with one attached hydrogen (secondary N) is 2. The van der Waals surface area contributed by atoms with E-state index in [1.165, 1.54) is 0 Å². The molecule has 0 unspecified atom stereocenters. The molecule has 0 atom stereocenters. The SMILES string of the molecule is CC(C)C(=O)N1CCN(c2ccccc2NC(=S)NC(=O)c2ccccc2Cl)CC1. The molecule has 2 N–H and O–H groups in total. The molecule has 1 fully saturated rings. The van der Waals surface area contributed by atoms with Gasteiger partial charge in [-0.1, -0.05) is 49.7 Å². The van der Waals surface area contributed by atoms with Gasteiger partial charge in [0.15, 0.2) is 5.11 Å². The fourth-order valence-corrected chi connectivity index (χ4v) is 3.78. The van der Waals surface area contributed by atoms with Crippen LogP contribution >= 0.6 is 23.8 Å². The predicted octanol–water partition coefficient (Wildman–Crippen LogP) is 3.77. The van der Waals surface area contributed by atoms with E-state index in [-0.39, 0.29) is 22.8 Å². The van der Waals surface area contributed by atoms with Crippen molar-refractivity contribution in [1.82, 2.24) is 10.2 Å². The largest absolute Gasteiger partial charge is 0.366 e. The van der Waals surface area contributed by atoms with Crippen LogP contribution in [0.1, 0.15) is 24.2 Å². The second-order valence-corrected chi connectivity index (χ2v) is 8.19. The molecule has 2 aromatic rings. The Labute approximate surface area is 187 Å². The summed E-state index contributed by atoms with van der Waals surface area (Å²) in [4.78, 5) is 28.8. The molecule has 0 radical (unpaired) electrons. The maximum atomic E-state index is 12.4. The summed E-state index contributed by atoms with van der Waals surface area (Å²) in [6.07, 6.45) is 0. The van der Waals surface area contributed by atoms with Crippen molar-refractivity contribution in [3.63, 3.8) is 0 Å². The molecule has 0 saturated carbocycles. The second kappa shape index (κ2) is 9.91. The van der Waals surface area contributed by atoms with Crippen LogP contribution < -0.4 is 15.5 Å². The van der Waals surface area contributed by atoms with E-state index in [1.54, 1.807) is 24.3 Å². The standard InChI is InChI=1S/C22H25ClN4O2S/c1-15(2)21(29)27-13-11-26(12-14-27)19-10-6-5-9-18(19)24-22(30)25-20(28)16-7-3-4-8-17(16)23/h3-10,15H,11-14H2,1-2H3,(H2,24,25,28,30). The normalized spacial score (nSPS) is 13.9. The summed E-state index contributed by atoms with van der Waals surface area (Å²) in [5.41, 5.74) is 2.14. The number of amides is 2. The number of para-hydroxylation sites is 2. The Morgan fingerprint density at radius 1 is 1.00 bits per heavy atom. The number of benzene rings is 2. The minimum Gasteiger partial charge on any atom is -0.366 e. The fourth-order valence-electron chi connectivity index (χ4n) is 3.36.